The number of hydrogen-bond donors (Lipinski definition) is 1. The van der Waals surface area contributed by atoms with E-state index >= 15 is 0 Å². The van der Waals surface area contributed by atoms with Gasteiger partial charge >= 0.3 is 11.8 Å². The minimum atomic E-state index is -1.38. The van der Waals surface area contributed by atoms with E-state index in [0.717, 1.165) is 36.8 Å². The second-order valence-electron chi connectivity index (χ2n) is 9.29. The summed E-state index contributed by atoms with van der Waals surface area (Å²) >= 11 is 0. The maximum atomic E-state index is 14.2. The molecule has 1 saturated carbocycles. The van der Waals surface area contributed by atoms with Crippen LogP contribution < -0.4 is 10.2 Å². The van der Waals surface area contributed by atoms with Crippen molar-refractivity contribution in [1.82, 2.24) is 10.2 Å². The quantitative estimate of drug-likeness (QED) is 0.784. The van der Waals surface area contributed by atoms with Crippen molar-refractivity contribution < 1.29 is 14.4 Å². The number of nitrogens with zero attached hydrogens (tertiary/aromatic N) is 2. The topological polar surface area (TPSA) is 69.7 Å². The molecule has 2 atom stereocenters. The van der Waals surface area contributed by atoms with Gasteiger partial charge < -0.3 is 10.2 Å². The molecule has 31 heavy (non-hydrogen) atoms. The molecule has 4 aliphatic rings. The van der Waals surface area contributed by atoms with E-state index in [2.05, 4.69) is 17.4 Å². The van der Waals surface area contributed by atoms with E-state index in [4.69, 9.17) is 0 Å². The number of fused-ring (bicyclic) bond motifs is 3. The molecule has 3 amide bonds. The highest BCUT2D eigenvalue weighted by Crippen LogP contribution is 2.59. The number of likely N-dealkylation sites (tertiary alicyclic amines) is 1. The molecule has 0 aromatic heterocycles. The van der Waals surface area contributed by atoms with Gasteiger partial charge in [-0.2, -0.15) is 0 Å². The molecule has 6 rings (SSSR count). The van der Waals surface area contributed by atoms with Crippen LogP contribution >= 0.6 is 0 Å². The molecule has 158 valence electrons. The first-order chi connectivity index (χ1) is 15.1. The Labute approximate surface area is 181 Å². The van der Waals surface area contributed by atoms with Crippen LogP contribution in [-0.4, -0.2) is 40.9 Å². The molecule has 1 N–H and O–H groups in total. The average molecular weight is 415 g/mol. The van der Waals surface area contributed by atoms with E-state index in [9.17, 15) is 14.4 Å². The van der Waals surface area contributed by atoms with E-state index in [1.54, 1.807) is 0 Å². The van der Waals surface area contributed by atoms with Gasteiger partial charge in [0.2, 0.25) is 5.66 Å². The van der Waals surface area contributed by atoms with Gasteiger partial charge in [0.05, 0.1) is 11.1 Å². The molecule has 3 aliphatic heterocycles. The summed E-state index contributed by atoms with van der Waals surface area (Å²) < 4.78 is 0. The summed E-state index contributed by atoms with van der Waals surface area (Å²) in [6.45, 7) is 0.506. The summed E-state index contributed by atoms with van der Waals surface area (Å²) in [6.07, 6.45) is 5.95. The summed E-state index contributed by atoms with van der Waals surface area (Å²) in [7, 11) is 0. The smallest absolute Gasteiger partial charge is 0.318 e. The van der Waals surface area contributed by atoms with Crippen LogP contribution in [0, 0.1) is 0 Å². The van der Waals surface area contributed by atoms with Crippen molar-refractivity contribution in [2.24, 2.45) is 0 Å². The monoisotopic (exact) mass is 415 g/mol. The third-order valence-electron chi connectivity index (χ3n) is 7.76. The van der Waals surface area contributed by atoms with Crippen molar-refractivity contribution in [3.05, 3.63) is 65.7 Å². The van der Waals surface area contributed by atoms with Gasteiger partial charge in [0.1, 0.15) is 0 Å². The van der Waals surface area contributed by atoms with Crippen molar-refractivity contribution in [3.63, 3.8) is 0 Å². The summed E-state index contributed by atoms with van der Waals surface area (Å²) in [5.41, 5.74) is 0.641. The highest BCUT2D eigenvalue weighted by molar-refractivity contribution is 6.46. The Hall–Kier alpha value is -3.15. The first-order valence-corrected chi connectivity index (χ1v) is 11.2. The van der Waals surface area contributed by atoms with Crippen LogP contribution in [-0.2, 0) is 26.2 Å². The van der Waals surface area contributed by atoms with Gasteiger partial charge in [-0.1, -0.05) is 67.8 Å². The number of carbonyl (C=O) groups excluding carboxylic acids is 3. The Morgan fingerprint density at radius 2 is 1.61 bits per heavy atom. The fourth-order valence-electron chi connectivity index (χ4n) is 6.45. The van der Waals surface area contributed by atoms with E-state index in [-0.39, 0.29) is 11.9 Å². The number of anilines is 1. The number of hydrogen-bond acceptors (Lipinski definition) is 3. The van der Waals surface area contributed by atoms with Crippen LogP contribution in [0.3, 0.4) is 0 Å². The SMILES string of the molecule is O=C1NC23C(=O)N(C4CCCCC4)CC2(Cc2ccccc2)c2ccccc2N3C1=O. The Morgan fingerprint density at radius 3 is 2.39 bits per heavy atom. The Morgan fingerprint density at radius 1 is 0.903 bits per heavy atom. The lowest BCUT2D eigenvalue weighted by Gasteiger charge is -2.37. The summed E-state index contributed by atoms with van der Waals surface area (Å²) in [5, 5.41) is 2.91. The maximum absolute atomic E-state index is 14.2. The third-order valence-corrected chi connectivity index (χ3v) is 7.76. The highest BCUT2D eigenvalue weighted by atomic mass is 16.2. The van der Waals surface area contributed by atoms with Crippen molar-refractivity contribution in [2.75, 3.05) is 11.4 Å². The number of carbonyl (C=O) groups is 3. The molecular formula is C25H25N3O3. The molecular weight excluding hydrogens is 390 g/mol. The van der Waals surface area contributed by atoms with E-state index < -0.39 is 22.9 Å². The van der Waals surface area contributed by atoms with Gasteiger partial charge in [0, 0.05) is 12.6 Å². The number of benzene rings is 2. The van der Waals surface area contributed by atoms with Crippen LogP contribution in [0.4, 0.5) is 5.69 Å². The van der Waals surface area contributed by atoms with Gasteiger partial charge in [0.15, 0.2) is 0 Å². The molecule has 6 heteroatoms. The molecule has 6 nitrogen and oxygen atoms in total. The largest absolute Gasteiger partial charge is 0.335 e. The fourth-order valence-corrected chi connectivity index (χ4v) is 6.45. The molecule has 3 fully saturated rings. The minimum Gasteiger partial charge on any atom is -0.335 e. The van der Waals surface area contributed by atoms with Crippen molar-refractivity contribution in [3.8, 4) is 0 Å². The Kier molecular flexibility index (Phi) is 3.86. The van der Waals surface area contributed by atoms with Gasteiger partial charge in [-0.25, -0.2) is 0 Å². The first-order valence-electron chi connectivity index (χ1n) is 11.2. The Balaban J connectivity index is 1.57. The normalized spacial score (nSPS) is 29.7. The molecule has 0 bridgehead atoms. The van der Waals surface area contributed by atoms with Gasteiger partial charge in [-0.05, 0) is 36.5 Å². The van der Waals surface area contributed by atoms with E-state index in [1.807, 2.05) is 47.4 Å². The van der Waals surface area contributed by atoms with Crippen LogP contribution in [0.1, 0.15) is 43.2 Å². The second kappa shape index (κ2) is 6.42. The summed E-state index contributed by atoms with van der Waals surface area (Å²) in [4.78, 5) is 43.3. The zero-order valence-electron chi connectivity index (χ0n) is 17.3. The lowest BCUT2D eigenvalue weighted by atomic mass is 9.70. The average Bonchev–Trinajstić information content (AvgIpc) is 3.31. The second-order valence-corrected chi connectivity index (χ2v) is 9.29. The molecule has 2 saturated heterocycles. The highest BCUT2D eigenvalue weighted by Gasteiger charge is 2.77. The number of amides is 3. The molecule has 0 radical (unpaired) electrons. The predicted octanol–water partition coefficient (Wildman–Crippen LogP) is 2.51. The van der Waals surface area contributed by atoms with Gasteiger partial charge in [-0.3, -0.25) is 19.3 Å². The Bertz CT molecular complexity index is 1090. The molecule has 2 unspecified atom stereocenters. The third kappa shape index (κ3) is 2.25. The predicted molar refractivity (Wildman–Crippen MR) is 115 cm³/mol. The minimum absolute atomic E-state index is 0.134. The van der Waals surface area contributed by atoms with Crippen LogP contribution in [0.2, 0.25) is 0 Å². The van der Waals surface area contributed by atoms with Crippen LogP contribution in [0.25, 0.3) is 0 Å². The lowest BCUT2D eigenvalue weighted by Crippen LogP contribution is -2.65. The number of nitrogens with one attached hydrogen (secondary N) is 1. The van der Waals surface area contributed by atoms with Crippen molar-refractivity contribution >= 4 is 23.4 Å². The standard InChI is InChI=1S/C25H25N3O3/c29-21-22(30)28-20-14-8-7-13-19(20)24(15-17-9-3-1-4-10-17)16-27(18-11-5-2-6-12-18)23(31)25(24,28)26-21/h1,3-4,7-10,13-14,18H,2,5-6,11-12,15-16H2,(H,26,29). The number of para-hydroxylation sites is 1. The van der Waals surface area contributed by atoms with Crippen molar-refractivity contribution in [2.45, 2.75) is 55.6 Å². The fraction of sp³-hybridized carbons (Fsp3) is 0.400. The number of rotatable bonds is 3. The molecule has 1 aliphatic carbocycles. The van der Waals surface area contributed by atoms with Gasteiger partial charge in [0.25, 0.3) is 5.91 Å². The zero-order valence-corrected chi connectivity index (χ0v) is 17.3. The summed E-state index contributed by atoms with van der Waals surface area (Å²) in [6, 6.07) is 17.9. The summed E-state index contributed by atoms with van der Waals surface area (Å²) in [5.74, 6) is -1.46. The van der Waals surface area contributed by atoms with Crippen LogP contribution in [0.5, 0.6) is 0 Å². The maximum Gasteiger partial charge on any atom is 0.318 e. The van der Waals surface area contributed by atoms with E-state index in [0.29, 0.717) is 18.7 Å². The molecule has 3 heterocycles. The molecule has 1 spiro atoms. The molecule has 2 aromatic carbocycles. The first kappa shape index (κ1) is 18.6. The van der Waals surface area contributed by atoms with Crippen molar-refractivity contribution in [1.29, 1.82) is 0 Å². The van der Waals surface area contributed by atoms with E-state index in [1.165, 1.54) is 11.3 Å². The zero-order chi connectivity index (χ0) is 21.2. The lowest BCUT2D eigenvalue weighted by molar-refractivity contribution is -0.137. The van der Waals surface area contributed by atoms with Gasteiger partial charge in [-0.15, -0.1) is 0 Å². The molecule has 2 aromatic rings. The van der Waals surface area contributed by atoms with Crippen LogP contribution in [0.15, 0.2) is 54.6 Å².